The summed E-state index contributed by atoms with van der Waals surface area (Å²) in [5, 5.41) is 4.88. The normalized spacial score (nSPS) is 13.0. The monoisotopic (exact) mass is 585 g/mol. The molecule has 3 atom stereocenters. The number of ether oxygens (including phenoxy) is 1. The third-order valence-corrected chi connectivity index (χ3v) is 11.6. The molecule has 6 radical (unpaired) electrons. The summed E-state index contributed by atoms with van der Waals surface area (Å²) in [4.78, 5) is 0. The zero-order valence-electron chi connectivity index (χ0n) is 24.3. The summed E-state index contributed by atoms with van der Waals surface area (Å²) in [6, 6.07) is 51.1. The molecular formula is C35H35B2NO2P2. The van der Waals surface area contributed by atoms with E-state index in [0.717, 1.165) is 21.9 Å². The van der Waals surface area contributed by atoms with Crippen molar-refractivity contribution in [2.75, 3.05) is 14.2 Å². The van der Waals surface area contributed by atoms with Crippen LogP contribution in [-0.4, -0.2) is 41.7 Å². The van der Waals surface area contributed by atoms with Crippen molar-refractivity contribution in [3.05, 3.63) is 151 Å². The van der Waals surface area contributed by atoms with Gasteiger partial charge in [0.1, 0.15) is 11.9 Å². The highest BCUT2D eigenvalue weighted by atomic mass is 31.1. The number of nitrogens with zero attached hydrogens (tertiary/aromatic N) is 1. The lowest BCUT2D eigenvalue weighted by Crippen LogP contribution is -2.37. The van der Waals surface area contributed by atoms with E-state index in [4.69, 9.17) is 9.26 Å². The Morgan fingerprint density at radius 2 is 1.00 bits per heavy atom. The SMILES string of the molecule is COc1ccccc1[P@@](O[C@@H](c1ccccc1)[C@@H](C)N(C)P(c1ccccc1)c1ccccc1)c1ccccc1.[B].[B]. The van der Waals surface area contributed by atoms with Crippen LogP contribution in [0.15, 0.2) is 146 Å². The van der Waals surface area contributed by atoms with E-state index < -0.39 is 16.2 Å². The molecular weight excluding hydrogens is 550 g/mol. The lowest BCUT2D eigenvalue weighted by molar-refractivity contribution is 0.154. The molecule has 3 nitrogen and oxygen atoms in total. The molecule has 5 aromatic carbocycles. The molecule has 0 bridgehead atoms. The average molecular weight is 585 g/mol. The number of likely N-dealkylation sites (N-methyl/N-ethyl adjacent to an activating group) is 1. The molecule has 0 amide bonds. The average Bonchev–Trinajstić information content (AvgIpc) is 3.03. The molecule has 0 aliphatic carbocycles. The Balaban J connectivity index is 0.00000242. The van der Waals surface area contributed by atoms with Crippen molar-refractivity contribution in [2.45, 2.75) is 19.1 Å². The van der Waals surface area contributed by atoms with Crippen LogP contribution in [0.3, 0.4) is 0 Å². The molecule has 7 heteroatoms. The van der Waals surface area contributed by atoms with Gasteiger partial charge in [-0.3, -0.25) is 4.67 Å². The maximum Gasteiger partial charge on any atom is 0.129 e. The van der Waals surface area contributed by atoms with E-state index in [1.165, 1.54) is 10.6 Å². The van der Waals surface area contributed by atoms with Crippen LogP contribution in [0.5, 0.6) is 5.75 Å². The fraction of sp³-hybridized carbons (Fsp3) is 0.143. The molecule has 208 valence electrons. The summed E-state index contributed by atoms with van der Waals surface area (Å²) in [5.74, 6) is 0.848. The number of rotatable bonds is 11. The van der Waals surface area contributed by atoms with Crippen molar-refractivity contribution in [1.82, 2.24) is 4.67 Å². The molecule has 42 heavy (non-hydrogen) atoms. The van der Waals surface area contributed by atoms with Gasteiger partial charge >= 0.3 is 0 Å². The van der Waals surface area contributed by atoms with Gasteiger partial charge in [0, 0.05) is 41.5 Å². The van der Waals surface area contributed by atoms with Crippen molar-refractivity contribution in [3.8, 4) is 5.75 Å². The van der Waals surface area contributed by atoms with Crippen LogP contribution in [0.1, 0.15) is 18.6 Å². The molecule has 5 aromatic rings. The number of hydrogen-bond acceptors (Lipinski definition) is 3. The minimum Gasteiger partial charge on any atom is -0.496 e. The van der Waals surface area contributed by atoms with Crippen LogP contribution in [0.25, 0.3) is 0 Å². The molecule has 0 fully saturated rings. The van der Waals surface area contributed by atoms with Gasteiger partial charge in [-0.05, 0) is 42.3 Å². The Kier molecular flexibility index (Phi) is 13.0. The first kappa shape index (κ1) is 33.3. The van der Waals surface area contributed by atoms with Crippen LogP contribution in [-0.2, 0) is 4.52 Å². The fourth-order valence-electron chi connectivity index (χ4n) is 4.83. The number of para-hydroxylation sites is 1. The molecule has 0 heterocycles. The summed E-state index contributed by atoms with van der Waals surface area (Å²) >= 11 is 0. The van der Waals surface area contributed by atoms with Gasteiger partial charge in [-0.2, -0.15) is 0 Å². The number of hydrogen-bond donors (Lipinski definition) is 0. The van der Waals surface area contributed by atoms with Gasteiger partial charge in [-0.25, -0.2) is 0 Å². The minimum absolute atomic E-state index is 0. The second-order valence-corrected chi connectivity index (χ2v) is 13.6. The standard InChI is InChI=1S/C35H35NO2P2.2B/c1-28(36(2)39(30-20-10-5-11-21-30)31-22-12-6-13-23-31)35(29-18-8-4-9-19-29)38-40(32-24-14-7-15-25-32)34-27-17-16-26-33(34)37-3;;/h4-28,35H,1-3H3;;/t28-,35-,40+;;/m1../s1. The van der Waals surface area contributed by atoms with Gasteiger partial charge in [0.25, 0.3) is 0 Å². The molecule has 0 aromatic heterocycles. The lowest BCUT2D eigenvalue weighted by atomic mass is 10.0. The molecule has 0 aliphatic rings. The second-order valence-electron chi connectivity index (χ2n) is 9.54. The van der Waals surface area contributed by atoms with E-state index in [0.29, 0.717) is 0 Å². The van der Waals surface area contributed by atoms with E-state index >= 15 is 0 Å². The van der Waals surface area contributed by atoms with E-state index in [1.807, 2.05) is 12.1 Å². The van der Waals surface area contributed by atoms with Crippen molar-refractivity contribution in [1.29, 1.82) is 0 Å². The molecule has 0 saturated carbocycles. The van der Waals surface area contributed by atoms with E-state index in [9.17, 15) is 0 Å². The Morgan fingerprint density at radius 3 is 1.50 bits per heavy atom. The van der Waals surface area contributed by atoms with Crippen LogP contribution in [0, 0.1) is 0 Å². The van der Waals surface area contributed by atoms with Crippen molar-refractivity contribution >= 4 is 54.3 Å². The number of benzene rings is 5. The Morgan fingerprint density at radius 1 is 0.571 bits per heavy atom. The first-order valence-electron chi connectivity index (χ1n) is 13.5. The Labute approximate surface area is 257 Å². The Bertz CT molecular complexity index is 1420. The summed E-state index contributed by atoms with van der Waals surface area (Å²) in [7, 11) is 2.02. The lowest BCUT2D eigenvalue weighted by Gasteiger charge is -2.39. The summed E-state index contributed by atoms with van der Waals surface area (Å²) in [5.41, 5.74) is 1.16. The first-order chi connectivity index (χ1) is 19.7. The zero-order chi connectivity index (χ0) is 27.7. The topological polar surface area (TPSA) is 21.7 Å². The smallest absolute Gasteiger partial charge is 0.129 e. The highest BCUT2D eigenvalue weighted by Crippen LogP contribution is 2.48. The minimum atomic E-state index is -1.17. The van der Waals surface area contributed by atoms with Crippen LogP contribution >= 0.6 is 16.2 Å². The summed E-state index contributed by atoms with van der Waals surface area (Å²) in [6.07, 6.45) is -0.181. The Hall–Kier alpha value is -3.19. The zero-order valence-corrected chi connectivity index (χ0v) is 26.1. The van der Waals surface area contributed by atoms with Gasteiger partial charge in [-0.15, -0.1) is 0 Å². The van der Waals surface area contributed by atoms with Crippen molar-refractivity contribution in [3.63, 3.8) is 0 Å². The largest absolute Gasteiger partial charge is 0.496 e. The van der Waals surface area contributed by atoms with Gasteiger partial charge in [0.05, 0.1) is 15.3 Å². The molecule has 0 unspecified atom stereocenters. The number of methoxy groups -OCH3 is 1. The van der Waals surface area contributed by atoms with Gasteiger partial charge in [-0.1, -0.05) is 133 Å². The van der Waals surface area contributed by atoms with Crippen molar-refractivity contribution < 1.29 is 9.26 Å². The van der Waals surface area contributed by atoms with E-state index in [2.05, 4.69) is 152 Å². The summed E-state index contributed by atoms with van der Waals surface area (Å²) < 4.78 is 15.6. The van der Waals surface area contributed by atoms with Gasteiger partial charge < -0.3 is 9.26 Å². The predicted molar refractivity (Wildman–Crippen MR) is 184 cm³/mol. The van der Waals surface area contributed by atoms with Gasteiger partial charge in [0.15, 0.2) is 0 Å². The van der Waals surface area contributed by atoms with E-state index in [-0.39, 0.29) is 29.0 Å². The predicted octanol–water partition coefficient (Wildman–Crippen LogP) is 6.41. The maximum absolute atomic E-state index is 7.31. The van der Waals surface area contributed by atoms with Crippen LogP contribution < -0.4 is 26.0 Å². The molecule has 5 rings (SSSR count). The van der Waals surface area contributed by atoms with Crippen LogP contribution in [0.4, 0.5) is 0 Å². The van der Waals surface area contributed by atoms with Crippen LogP contribution in [0.2, 0.25) is 0 Å². The highest BCUT2D eigenvalue weighted by Gasteiger charge is 2.33. The highest BCUT2D eigenvalue weighted by molar-refractivity contribution is 7.70. The summed E-state index contributed by atoms with van der Waals surface area (Å²) in [6.45, 7) is 2.29. The third kappa shape index (κ3) is 7.80. The molecule has 0 aliphatic heterocycles. The third-order valence-electron chi connectivity index (χ3n) is 6.99. The molecule has 0 N–H and O–H groups in total. The molecule has 0 saturated heterocycles. The van der Waals surface area contributed by atoms with E-state index in [1.54, 1.807) is 7.11 Å². The first-order valence-corrected chi connectivity index (χ1v) is 16.1. The maximum atomic E-state index is 7.31. The van der Waals surface area contributed by atoms with Crippen molar-refractivity contribution in [2.24, 2.45) is 0 Å². The fourth-order valence-corrected chi connectivity index (χ4v) is 9.32. The second kappa shape index (κ2) is 16.4. The quantitative estimate of drug-likeness (QED) is 0.132. The molecule has 0 spiro atoms. The van der Waals surface area contributed by atoms with Gasteiger partial charge in [0.2, 0.25) is 0 Å².